The van der Waals surface area contributed by atoms with Gasteiger partial charge < -0.3 is 10.1 Å². The van der Waals surface area contributed by atoms with Crippen LogP contribution in [0.15, 0.2) is 78.6 Å². The van der Waals surface area contributed by atoms with Gasteiger partial charge in [-0.1, -0.05) is 37.3 Å². The first-order valence-electron chi connectivity index (χ1n) is 10.1. The Hall–Kier alpha value is -3.93. The van der Waals surface area contributed by atoms with Crippen LogP contribution in [-0.4, -0.2) is 28.8 Å². The number of nitrogens with one attached hydrogen (secondary N) is 1. The Morgan fingerprint density at radius 2 is 1.68 bits per heavy atom. The van der Waals surface area contributed by atoms with Crippen molar-refractivity contribution in [3.05, 3.63) is 95.4 Å². The molecule has 3 aromatic rings. The summed E-state index contributed by atoms with van der Waals surface area (Å²) in [6, 6.07) is 20.4. The second kappa shape index (κ2) is 8.83. The van der Waals surface area contributed by atoms with Crippen molar-refractivity contribution in [1.82, 2.24) is 9.88 Å². The number of carbonyl (C=O) groups is 2. The van der Waals surface area contributed by atoms with Crippen LogP contribution < -0.4 is 10.1 Å². The molecule has 4 rings (SSSR count). The van der Waals surface area contributed by atoms with Crippen molar-refractivity contribution >= 4 is 23.1 Å². The molecule has 6 nitrogen and oxygen atoms in total. The minimum absolute atomic E-state index is 0.109. The Kier molecular flexibility index (Phi) is 5.80. The smallest absolute Gasteiger partial charge is 0.278 e. The third kappa shape index (κ3) is 4.19. The molecule has 0 spiro atoms. The lowest BCUT2D eigenvalue weighted by Gasteiger charge is -2.15. The van der Waals surface area contributed by atoms with E-state index in [1.807, 2.05) is 30.3 Å². The van der Waals surface area contributed by atoms with Crippen LogP contribution in [0.2, 0.25) is 0 Å². The van der Waals surface area contributed by atoms with Gasteiger partial charge in [-0.25, -0.2) is 0 Å². The molecule has 1 aliphatic rings. The first-order valence-corrected chi connectivity index (χ1v) is 10.1. The molecule has 0 unspecified atom stereocenters. The van der Waals surface area contributed by atoms with Crippen LogP contribution >= 0.6 is 0 Å². The van der Waals surface area contributed by atoms with Crippen LogP contribution in [0.4, 0.5) is 5.69 Å². The maximum absolute atomic E-state index is 13.3. The van der Waals surface area contributed by atoms with Gasteiger partial charge in [-0.2, -0.15) is 0 Å². The molecule has 1 N–H and O–H groups in total. The zero-order chi connectivity index (χ0) is 21.8. The number of nitrogens with zero attached hydrogens (tertiary/aromatic N) is 2. The van der Waals surface area contributed by atoms with Crippen LogP contribution in [0.25, 0.3) is 5.57 Å². The zero-order valence-corrected chi connectivity index (χ0v) is 17.5. The molecule has 0 fully saturated rings. The number of aryl methyl sites for hydroxylation is 1. The van der Waals surface area contributed by atoms with Gasteiger partial charge in [0.2, 0.25) is 0 Å². The third-order valence-corrected chi connectivity index (χ3v) is 5.22. The fraction of sp³-hybridized carbons (Fsp3) is 0.160. The molecule has 2 aromatic carbocycles. The fourth-order valence-electron chi connectivity index (χ4n) is 3.48. The number of amides is 2. The van der Waals surface area contributed by atoms with E-state index in [4.69, 9.17) is 4.74 Å². The van der Waals surface area contributed by atoms with Gasteiger partial charge >= 0.3 is 0 Å². The predicted octanol–water partition coefficient (Wildman–Crippen LogP) is 4.04. The van der Waals surface area contributed by atoms with Crippen molar-refractivity contribution in [3.63, 3.8) is 0 Å². The average molecular weight is 413 g/mol. The molecule has 0 bridgehead atoms. The van der Waals surface area contributed by atoms with E-state index in [-0.39, 0.29) is 24.1 Å². The molecule has 31 heavy (non-hydrogen) atoms. The second-order valence-electron chi connectivity index (χ2n) is 7.17. The largest absolute Gasteiger partial charge is 0.497 e. The normalized spacial score (nSPS) is 13.7. The summed E-state index contributed by atoms with van der Waals surface area (Å²) in [7, 11) is 1.58. The van der Waals surface area contributed by atoms with Gasteiger partial charge in [0, 0.05) is 11.9 Å². The zero-order valence-electron chi connectivity index (χ0n) is 17.5. The molecule has 0 aliphatic carbocycles. The number of hydrogen-bond donors (Lipinski definition) is 1. The highest BCUT2D eigenvalue weighted by atomic mass is 16.5. The van der Waals surface area contributed by atoms with E-state index < -0.39 is 0 Å². The molecule has 2 amide bonds. The van der Waals surface area contributed by atoms with Crippen LogP contribution in [-0.2, 0) is 22.6 Å². The molecule has 2 heterocycles. The number of pyridine rings is 1. The Labute approximate surface area is 181 Å². The third-order valence-electron chi connectivity index (χ3n) is 5.22. The van der Waals surface area contributed by atoms with Crippen molar-refractivity contribution in [1.29, 1.82) is 0 Å². The number of aromatic nitrogens is 1. The van der Waals surface area contributed by atoms with Gasteiger partial charge in [-0.3, -0.25) is 19.5 Å². The number of benzene rings is 2. The van der Waals surface area contributed by atoms with E-state index in [0.29, 0.717) is 22.6 Å². The lowest BCUT2D eigenvalue weighted by Crippen LogP contribution is -2.32. The van der Waals surface area contributed by atoms with E-state index in [9.17, 15) is 9.59 Å². The topological polar surface area (TPSA) is 71.5 Å². The first kappa shape index (κ1) is 20.3. The number of anilines is 1. The summed E-state index contributed by atoms with van der Waals surface area (Å²) in [6.07, 6.45) is 2.57. The molecule has 0 saturated heterocycles. The monoisotopic (exact) mass is 413 g/mol. The van der Waals surface area contributed by atoms with Gasteiger partial charge in [-0.05, 0) is 53.9 Å². The minimum Gasteiger partial charge on any atom is -0.497 e. The number of ether oxygens (including phenoxy) is 1. The number of imide groups is 1. The van der Waals surface area contributed by atoms with E-state index in [1.165, 1.54) is 10.5 Å². The van der Waals surface area contributed by atoms with Crippen molar-refractivity contribution in [3.8, 4) is 5.75 Å². The van der Waals surface area contributed by atoms with Gasteiger partial charge in [0.15, 0.2) is 0 Å². The van der Waals surface area contributed by atoms with Crippen molar-refractivity contribution in [2.45, 2.75) is 19.9 Å². The Morgan fingerprint density at radius 3 is 2.29 bits per heavy atom. The Morgan fingerprint density at radius 1 is 0.935 bits per heavy atom. The SMILES string of the molecule is CCc1ccc(NC2=C(c3ccc(OC)cc3)C(=O)N(Cc3ccccn3)C2=O)cc1. The first-order chi connectivity index (χ1) is 15.1. The highest BCUT2D eigenvalue weighted by Crippen LogP contribution is 2.32. The van der Waals surface area contributed by atoms with Crippen LogP contribution in [0.1, 0.15) is 23.7 Å². The van der Waals surface area contributed by atoms with E-state index in [1.54, 1.807) is 49.7 Å². The maximum Gasteiger partial charge on any atom is 0.278 e. The summed E-state index contributed by atoms with van der Waals surface area (Å²) in [5, 5.41) is 3.18. The Balaban J connectivity index is 1.72. The van der Waals surface area contributed by atoms with E-state index in [0.717, 1.165) is 12.1 Å². The lowest BCUT2D eigenvalue weighted by molar-refractivity contribution is -0.137. The van der Waals surface area contributed by atoms with E-state index >= 15 is 0 Å². The summed E-state index contributed by atoms with van der Waals surface area (Å²) >= 11 is 0. The molecular formula is C25H23N3O3. The molecule has 0 atom stereocenters. The van der Waals surface area contributed by atoms with Gasteiger partial charge in [0.25, 0.3) is 11.8 Å². The quantitative estimate of drug-likeness (QED) is 0.592. The molecule has 1 aromatic heterocycles. The molecule has 0 radical (unpaired) electrons. The summed E-state index contributed by atoms with van der Waals surface area (Å²) in [5.41, 5.74) is 3.83. The van der Waals surface area contributed by atoms with Crippen molar-refractivity contribution in [2.24, 2.45) is 0 Å². The molecule has 6 heteroatoms. The van der Waals surface area contributed by atoms with Crippen LogP contribution in [0.3, 0.4) is 0 Å². The number of rotatable bonds is 7. The standard InChI is InChI=1S/C25H23N3O3/c1-3-17-7-11-19(12-8-17)27-23-22(18-9-13-21(31-2)14-10-18)24(29)28(25(23)30)16-20-6-4-5-15-26-20/h4-15,27H,3,16H2,1-2H3. The minimum atomic E-state index is -0.374. The van der Waals surface area contributed by atoms with Crippen LogP contribution in [0, 0.1) is 0 Å². The summed E-state index contributed by atoms with van der Waals surface area (Å²) in [5.74, 6) is -0.0503. The maximum atomic E-state index is 13.3. The Bertz CT molecular complexity index is 1120. The van der Waals surface area contributed by atoms with E-state index in [2.05, 4.69) is 17.2 Å². The van der Waals surface area contributed by atoms with Crippen LogP contribution in [0.5, 0.6) is 5.75 Å². The van der Waals surface area contributed by atoms with Gasteiger partial charge in [0.1, 0.15) is 11.4 Å². The predicted molar refractivity (Wildman–Crippen MR) is 119 cm³/mol. The molecule has 1 aliphatic heterocycles. The number of methoxy groups -OCH3 is 1. The fourth-order valence-corrected chi connectivity index (χ4v) is 3.48. The molecule has 156 valence electrons. The highest BCUT2D eigenvalue weighted by molar-refractivity contribution is 6.36. The van der Waals surface area contributed by atoms with Gasteiger partial charge in [-0.15, -0.1) is 0 Å². The number of carbonyl (C=O) groups excluding carboxylic acids is 2. The highest BCUT2D eigenvalue weighted by Gasteiger charge is 2.39. The summed E-state index contributed by atoms with van der Waals surface area (Å²) in [6.45, 7) is 2.19. The van der Waals surface area contributed by atoms with Crippen molar-refractivity contribution < 1.29 is 14.3 Å². The molecule has 0 saturated carbocycles. The lowest BCUT2D eigenvalue weighted by atomic mass is 10.0. The average Bonchev–Trinajstić information content (AvgIpc) is 3.04. The van der Waals surface area contributed by atoms with Crippen molar-refractivity contribution in [2.75, 3.05) is 12.4 Å². The number of hydrogen-bond acceptors (Lipinski definition) is 5. The molecular weight excluding hydrogens is 390 g/mol. The summed E-state index contributed by atoms with van der Waals surface area (Å²) < 4.78 is 5.22. The van der Waals surface area contributed by atoms with Gasteiger partial charge in [0.05, 0.1) is 24.9 Å². The second-order valence-corrected chi connectivity index (χ2v) is 7.17. The summed E-state index contributed by atoms with van der Waals surface area (Å²) in [4.78, 5) is 32.1.